The maximum Gasteiger partial charge on any atom is 0.522 e. The predicted octanol–water partition coefficient (Wildman–Crippen LogP) is 5.88. The summed E-state index contributed by atoms with van der Waals surface area (Å²) in [6, 6.07) is 6.30. The summed E-state index contributed by atoms with van der Waals surface area (Å²) in [5.41, 5.74) is 6.21. The summed E-state index contributed by atoms with van der Waals surface area (Å²) in [6.07, 6.45) is -7.91. The van der Waals surface area contributed by atoms with Crippen LogP contribution in [-0.2, 0) is 17.8 Å². The lowest BCUT2D eigenvalue weighted by molar-refractivity contribution is -0.325. The number of likely N-dealkylation sites (tertiary alicyclic amines) is 1. The molecule has 218 valence electrons. The van der Waals surface area contributed by atoms with Crippen LogP contribution in [0, 0.1) is 11.6 Å². The van der Waals surface area contributed by atoms with Crippen molar-refractivity contribution in [3.63, 3.8) is 0 Å². The molecule has 0 atom stereocenters. The average Bonchev–Trinajstić information content (AvgIpc) is 3.27. The molecule has 2 aromatic carbocycles. The van der Waals surface area contributed by atoms with Crippen molar-refractivity contribution in [2.75, 3.05) is 26.3 Å². The predicted molar refractivity (Wildman–Crippen MR) is 128 cm³/mol. The topological polar surface area (TPSA) is 69.7 Å². The van der Waals surface area contributed by atoms with Gasteiger partial charge < -0.3 is 19.9 Å². The van der Waals surface area contributed by atoms with E-state index in [0.717, 1.165) is 28.5 Å². The number of rotatable bonds is 8. The molecule has 1 amide bonds. The molecular weight excluding hydrogens is 554 g/mol. The third-order valence-electron chi connectivity index (χ3n) is 6.67. The number of aromatic nitrogens is 1. The third-order valence-corrected chi connectivity index (χ3v) is 6.67. The Morgan fingerprint density at radius 3 is 2.30 bits per heavy atom. The van der Waals surface area contributed by atoms with Crippen molar-refractivity contribution in [3.05, 3.63) is 64.9 Å². The van der Waals surface area contributed by atoms with Gasteiger partial charge in [0.05, 0.1) is 23.1 Å². The number of hydrogen-bond acceptors (Lipinski definition) is 4. The van der Waals surface area contributed by atoms with Gasteiger partial charge in [-0.05, 0) is 48.1 Å². The second-order valence-electron chi connectivity index (χ2n) is 9.33. The van der Waals surface area contributed by atoms with Crippen LogP contribution in [-0.4, -0.2) is 54.2 Å². The van der Waals surface area contributed by atoms with Crippen LogP contribution in [0.5, 0.6) is 5.75 Å². The third kappa shape index (κ3) is 6.84. The second-order valence-corrected chi connectivity index (χ2v) is 9.33. The van der Waals surface area contributed by atoms with Crippen LogP contribution in [0.2, 0.25) is 0 Å². The summed E-state index contributed by atoms with van der Waals surface area (Å²) in [6.45, 7) is -2.71. The molecule has 1 saturated heterocycles. The highest BCUT2D eigenvalue weighted by atomic mass is 19.4. The van der Waals surface area contributed by atoms with Crippen molar-refractivity contribution in [1.82, 2.24) is 9.47 Å². The number of alkyl halides is 6. The molecule has 0 bridgehead atoms. The fourth-order valence-electron chi connectivity index (χ4n) is 4.85. The standard InChI is InChI=1S/C26H25F8N3O3/c27-19-2-1-15(12-35)11-17(19)16-5-7-36(8-6-16)24(38)18-13-37(9-10-40-26(32,33)34)23-20(28)3-4-21(22(18)23)39-14-25(29,30)31/h1-4,11,13,16H,5-10,12,14,35H2. The molecule has 1 aliphatic heterocycles. The first-order valence-corrected chi connectivity index (χ1v) is 12.3. The smallest absolute Gasteiger partial charge is 0.483 e. The Kier molecular flexibility index (Phi) is 8.59. The number of nitrogens with two attached hydrogens (primary N) is 1. The molecule has 2 N–H and O–H groups in total. The van der Waals surface area contributed by atoms with E-state index < -0.39 is 61.1 Å². The molecule has 0 aliphatic carbocycles. The Hall–Kier alpha value is -3.39. The minimum atomic E-state index is -4.96. The lowest BCUT2D eigenvalue weighted by atomic mass is 9.88. The van der Waals surface area contributed by atoms with E-state index in [1.165, 1.54) is 11.0 Å². The second kappa shape index (κ2) is 11.6. The van der Waals surface area contributed by atoms with Crippen molar-refractivity contribution in [2.24, 2.45) is 5.73 Å². The summed E-state index contributed by atoms with van der Waals surface area (Å²) in [5.74, 6) is -2.75. The monoisotopic (exact) mass is 579 g/mol. The van der Waals surface area contributed by atoms with Gasteiger partial charge in [-0.1, -0.05) is 12.1 Å². The fourth-order valence-corrected chi connectivity index (χ4v) is 4.85. The quantitative estimate of drug-likeness (QED) is 0.339. The van der Waals surface area contributed by atoms with Gasteiger partial charge in [0.25, 0.3) is 5.91 Å². The lowest BCUT2D eigenvalue weighted by Crippen LogP contribution is -2.38. The number of piperidine rings is 1. The zero-order valence-corrected chi connectivity index (χ0v) is 20.9. The van der Waals surface area contributed by atoms with Crippen LogP contribution in [0.15, 0.2) is 36.5 Å². The van der Waals surface area contributed by atoms with E-state index in [4.69, 9.17) is 10.5 Å². The van der Waals surface area contributed by atoms with Crippen molar-refractivity contribution >= 4 is 16.8 Å². The van der Waals surface area contributed by atoms with Crippen molar-refractivity contribution in [3.8, 4) is 5.75 Å². The normalized spacial score (nSPS) is 15.2. The zero-order chi connectivity index (χ0) is 29.2. The summed E-state index contributed by atoms with van der Waals surface area (Å²) < 4.78 is 115. The van der Waals surface area contributed by atoms with Crippen LogP contribution >= 0.6 is 0 Å². The van der Waals surface area contributed by atoms with E-state index in [0.29, 0.717) is 18.4 Å². The highest BCUT2D eigenvalue weighted by molar-refractivity contribution is 6.09. The van der Waals surface area contributed by atoms with Gasteiger partial charge in [-0.15, -0.1) is 13.2 Å². The van der Waals surface area contributed by atoms with Gasteiger partial charge in [0, 0.05) is 32.4 Å². The summed E-state index contributed by atoms with van der Waals surface area (Å²) in [7, 11) is 0. The maximum atomic E-state index is 14.9. The zero-order valence-electron chi connectivity index (χ0n) is 20.9. The number of ether oxygens (including phenoxy) is 2. The number of hydrogen-bond donors (Lipinski definition) is 1. The number of nitrogens with zero attached hydrogens (tertiary/aromatic N) is 2. The van der Waals surface area contributed by atoms with E-state index in [2.05, 4.69) is 4.74 Å². The molecule has 6 nitrogen and oxygen atoms in total. The van der Waals surface area contributed by atoms with Crippen LogP contribution < -0.4 is 10.5 Å². The highest BCUT2D eigenvalue weighted by Gasteiger charge is 2.33. The molecule has 4 rings (SSSR count). The van der Waals surface area contributed by atoms with Gasteiger partial charge in [-0.3, -0.25) is 9.53 Å². The Labute approximate surface area is 223 Å². The van der Waals surface area contributed by atoms with Crippen molar-refractivity contribution in [2.45, 2.75) is 44.4 Å². The molecule has 3 aromatic rings. The van der Waals surface area contributed by atoms with Crippen molar-refractivity contribution in [1.29, 1.82) is 0 Å². The molecule has 40 heavy (non-hydrogen) atoms. The Morgan fingerprint density at radius 2 is 1.68 bits per heavy atom. The van der Waals surface area contributed by atoms with Gasteiger partial charge in [-0.25, -0.2) is 8.78 Å². The first-order valence-electron chi connectivity index (χ1n) is 12.3. The minimum Gasteiger partial charge on any atom is -0.483 e. The Balaban J connectivity index is 1.63. The fraction of sp³-hybridized carbons (Fsp3) is 0.423. The molecule has 0 radical (unpaired) electrons. The van der Waals surface area contributed by atoms with Crippen LogP contribution in [0.3, 0.4) is 0 Å². The van der Waals surface area contributed by atoms with Crippen molar-refractivity contribution < 1.29 is 49.4 Å². The van der Waals surface area contributed by atoms with E-state index in [1.54, 1.807) is 12.1 Å². The molecule has 2 heterocycles. The molecule has 0 saturated carbocycles. The molecule has 0 spiro atoms. The first-order chi connectivity index (χ1) is 18.8. The lowest BCUT2D eigenvalue weighted by Gasteiger charge is -2.32. The summed E-state index contributed by atoms with van der Waals surface area (Å²) in [4.78, 5) is 14.9. The summed E-state index contributed by atoms with van der Waals surface area (Å²) in [5, 5.41) is -0.301. The number of amides is 1. The van der Waals surface area contributed by atoms with Gasteiger partial charge in [0.1, 0.15) is 17.4 Å². The Morgan fingerprint density at radius 1 is 1.00 bits per heavy atom. The van der Waals surface area contributed by atoms with E-state index >= 15 is 0 Å². The number of carbonyl (C=O) groups is 1. The largest absolute Gasteiger partial charge is 0.522 e. The molecular formula is C26H25F8N3O3. The van der Waals surface area contributed by atoms with Crippen LogP contribution in [0.1, 0.15) is 40.2 Å². The molecule has 0 unspecified atom stereocenters. The van der Waals surface area contributed by atoms with Crippen LogP contribution in [0.25, 0.3) is 10.9 Å². The summed E-state index contributed by atoms with van der Waals surface area (Å²) >= 11 is 0. The highest BCUT2D eigenvalue weighted by Crippen LogP contribution is 2.36. The molecule has 1 aliphatic rings. The van der Waals surface area contributed by atoms with E-state index in [-0.39, 0.29) is 36.5 Å². The number of carbonyl (C=O) groups excluding carboxylic acids is 1. The van der Waals surface area contributed by atoms with Crippen LogP contribution in [0.4, 0.5) is 35.1 Å². The maximum absolute atomic E-state index is 14.9. The average molecular weight is 579 g/mol. The molecule has 14 heteroatoms. The number of benzene rings is 2. The van der Waals surface area contributed by atoms with Gasteiger partial charge in [0.2, 0.25) is 0 Å². The number of fused-ring (bicyclic) bond motifs is 1. The Bertz CT molecular complexity index is 1360. The van der Waals surface area contributed by atoms with Gasteiger partial charge >= 0.3 is 12.5 Å². The van der Waals surface area contributed by atoms with Gasteiger partial charge in [0.15, 0.2) is 6.61 Å². The molecule has 1 aromatic heterocycles. The van der Waals surface area contributed by atoms with E-state index in [9.17, 15) is 39.9 Å². The van der Waals surface area contributed by atoms with Gasteiger partial charge in [-0.2, -0.15) is 13.2 Å². The first kappa shape index (κ1) is 29.6. The SMILES string of the molecule is NCc1ccc(F)c(C2CCN(C(=O)c3cn(CCOC(F)(F)F)c4c(F)ccc(OCC(F)(F)F)c34)CC2)c1. The number of halogens is 8. The van der Waals surface area contributed by atoms with E-state index in [1.807, 2.05) is 0 Å². The molecule has 1 fully saturated rings. The minimum absolute atomic E-state index is 0.147.